The number of amides is 1. The largest absolute Gasteiger partial charge is 0.492 e. The number of anilines is 1. The van der Waals surface area contributed by atoms with Gasteiger partial charge in [-0.15, -0.1) is 0 Å². The van der Waals surface area contributed by atoms with E-state index in [0.29, 0.717) is 35.3 Å². The van der Waals surface area contributed by atoms with Crippen LogP contribution < -0.4 is 21.3 Å². The maximum Gasteiger partial charge on any atom is 0.332 e. The predicted octanol–water partition coefficient (Wildman–Crippen LogP) is 1.72. The van der Waals surface area contributed by atoms with Gasteiger partial charge in [0.2, 0.25) is 5.91 Å². The lowest BCUT2D eigenvalue weighted by Gasteiger charge is -2.12. The number of nitrogens with zero attached hydrogens (tertiary/aromatic N) is 4. The summed E-state index contributed by atoms with van der Waals surface area (Å²) < 4.78 is 7.86. The van der Waals surface area contributed by atoms with Gasteiger partial charge in [-0.25, -0.2) is 14.8 Å². The fourth-order valence-electron chi connectivity index (χ4n) is 2.91. The van der Waals surface area contributed by atoms with Crippen molar-refractivity contribution in [3.8, 4) is 5.75 Å². The number of nitrogens with one attached hydrogen (secondary N) is 1. The van der Waals surface area contributed by atoms with Gasteiger partial charge in [-0.05, 0) is 19.1 Å². The van der Waals surface area contributed by atoms with Crippen LogP contribution in [0.3, 0.4) is 0 Å². The molecule has 0 radical (unpaired) electrons. The number of carbonyl (C=O) groups is 1. The van der Waals surface area contributed by atoms with Crippen molar-refractivity contribution in [1.29, 1.82) is 0 Å². The lowest BCUT2D eigenvalue weighted by Crippen LogP contribution is -2.37. The van der Waals surface area contributed by atoms with E-state index in [1.54, 1.807) is 25.2 Å². The Balaban J connectivity index is 1.92. The third-order valence-electron chi connectivity index (χ3n) is 4.43. The fraction of sp³-hybridized carbons (Fsp3) is 0.350. The number of thioether (sulfide) groups is 1. The van der Waals surface area contributed by atoms with E-state index in [0.717, 1.165) is 16.3 Å². The number of rotatable bonds is 7. The first-order chi connectivity index (χ1) is 14.4. The Morgan fingerprint density at radius 2 is 1.87 bits per heavy atom. The van der Waals surface area contributed by atoms with Crippen LogP contribution in [0.25, 0.3) is 11.0 Å². The van der Waals surface area contributed by atoms with Crippen molar-refractivity contribution in [3.63, 3.8) is 0 Å². The summed E-state index contributed by atoms with van der Waals surface area (Å²) in [6.07, 6.45) is 0.529. The molecule has 0 bridgehead atoms. The number of fused-ring (bicyclic) bond motifs is 1. The molecule has 158 valence electrons. The van der Waals surface area contributed by atoms with E-state index in [9.17, 15) is 14.4 Å². The van der Waals surface area contributed by atoms with Crippen LogP contribution >= 0.6 is 11.8 Å². The van der Waals surface area contributed by atoms with E-state index in [4.69, 9.17) is 4.74 Å². The zero-order chi connectivity index (χ0) is 21.8. The Hall–Kier alpha value is -3.14. The molecule has 2 heterocycles. The van der Waals surface area contributed by atoms with E-state index >= 15 is 0 Å². The zero-order valence-electron chi connectivity index (χ0n) is 17.3. The molecule has 1 amide bonds. The average molecular weight is 430 g/mol. The molecule has 9 nitrogen and oxygen atoms in total. The van der Waals surface area contributed by atoms with Crippen LogP contribution in [-0.2, 0) is 25.3 Å². The van der Waals surface area contributed by atoms with Crippen LogP contribution in [0.4, 0.5) is 5.69 Å². The molecule has 3 rings (SSSR count). The minimum absolute atomic E-state index is 0.0295. The zero-order valence-corrected chi connectivity index (χ0v) is 18.1. The van der Waals surface area contributed by atoms with Crippen molar-refractivity contribution in [2.75, 3.05) is 17.7 Å². The first kappa shape index (κ1) is 21.6. The Morgan fingerprint density at radius 1 is 1.13 bits per heavy atom. The van der Waals surface area contributed by atoms with Crippen molar-refractivity contribution in [2.24, 2.45) is 14.1 Å². The summed E-state index contributed by atoms with van der Waals surface area (Å²) in [7, 11) is 2.96. The Labute approximate surface area is 177 Å². The van der Waals surface area contributed by atoms with Gasteiger partial charge in [0.25, 0.3) is 5.56 Å². The molecule has 0 saturated heterocycles. The molecule has 0 aliphatic heterocycles. The summed E-state index contributed by atoms with van der Waals surface area (Å²) in [6, 6.07) is 7.17. The first-order valence-corrected chi connectivity index (χ1v) is 10.5. The molecule has 30 heavy (non-hydrogen) atoms. The van der Waals surface area contributed by atoms with Gasteiger partial charge in [0.15, 0.2) is 5.65 Å². The Kier molecular flexibility index (Phi) is 6.56. The third kappa shape index (κ3) is 4.23. The quantitative estimate of drug-likeness (QED) is 0.450. The maximum atomic E-state index is 12.7. The smallest absolute Gasteiger partial charge is 0.332 e. The summed E-state index contributed by atoms with van der Waals surface area (Å²) in [4.78, 5) is 46.3. The number of aromatic nitrogens is 4. The maximum absolute atomic E-state index is 12.7. The molecule has 0 atom stereocenters. The van der Waals surface area contributed by atoms with Crippen molar-refractivity contribution >= 4 is 34.4 Å². The van der Waals surface area contributed by atoms with Gasteiger partial charge in [0, 0.05) is 20.5 Å². The molecule has 1 aromatic carbocycles. The van der Waals surface area contributed by atoms with E-state index in [1.165, 1.54) is 11.6 Å². The third-order valence-corrected chi connectivity index (χ3v) is 5.41. The Bertz CT molecular complexity index is 1220. The highest BCUT2D eigenvalue weighted by Crippen LogP contribution is 2.26. The highest BCUT2D eigenvalue weighted by atomic mass is 32.2. The lowest BCUT2D eigenvalue weighted by molar-refractivity contribution is -0.113. The lowest BCUT2D eigenvalue weighted by atomic mass is 10.3. The number of para-hydroxylation sites is 2. The van der Waals surface area contributed by atoms with Crippen LogP contribution in [0.2, 0.25) is 0 Å². The summed E-state index contributed by atoms with van der Waals surface area (Å²) in [5.74, 6) is 0.846. The number of carbonyl (C=O) groups excluding carboxylic acids is 1. The van der Waals surface area contributed by atoms with Gasteiger partial charge in [-0.1, -0.05) is 30.8 Å². The second-order valence-corrected chi connectivity index (χ2v) is 7.43. The predicted molar refractivity (Wildman–Crippen MR) is 116 cm³/mol. The van der Waals surface area contributed by atoms with E-state index in [2.05, 4.69) is 15.3 Å². The normalized spacial score (nSPS) is 10.9. The molecule has 2 aromatic heterocycles. The molecule has 0 aliphatic rings. The number of benzene rings is 1. The van der Waals surface area contributed by atoms with Crippen molar-refractivity contribution in [3.05, 3.63) is 50.9 Å². The van der Waals surface area contributed by atoms with Gasteiger partial charge in [0.1, 0.15) is 22.0 Å². The second kappa shape index (κ2) is 9.12. The van der Waals surface area contributed by atoms with Crippen molar-refractivity contribution in [2.45, 2.75) is 25.3 Å². The summed E-state index contributed by atoms with van der Waals surface area (Å²) in [5.41, 5.74) is -0.112. The van der Waals surface area contributed by atoms with E-state index < -0.39 is 11.2 Å². The SMILES string of the molecule is CCOc1ccccc1NC(=O)CSc1nc(CC)nc2c1c(=O)n(C)c(=O)n2C. The van der Waals surface area contributed by atoms with Gasteiger partial charge < -0.3 is 10.1 Å². The standard InChI is InChI=1S/C20H23N5O4S/c1-5-14-22-17-16(19(27)25(4)20(28)24(17)3)18(23-14)30-11-15(26)21-12-9-7-8-10-13(12)29-6-2/h7-10H,5-6,11H2,1-4H3,(H,21,26). The average Bonchev–Trinajstić information content (AvgIpc) is 2.75. The number of hydrogen-bond donors (Lipinski definition) is 1. The van der Waals surface area contributed by atoms with Crippen LogP contribution in [-0.4, -0.2) is 37.4 Å². The number of aryl methyl sites for hydroxylation is 2. The van der Waals surface area contributed by atoms with Gasteiger partial charge in [-0.2, -0.15) is 0 Å². The molecule has 0 fully saturated rings. The highest BCUT2D eigenvalue weighted by Gasteiger charge is 2.18. The van der Waals surface area contributed by atoms with Gasteiger partial charge in [-0.3, -0.25) is 18.7 Å². The molecule has 0 unspecified atom stereocenters. The highest BCUT2D eigenvalue weighted by molar-refractivity contribution is 8.00. The molecule has 10 heteroatoms. The molecule has 3 aromatic rings. The minimum Gasteiger partial charge on any atom is -0.492 e. The first-order valence-electron chi connectivity index (χ1n) is 9.48. The molecule has 0 spiro atoms. The number of hydrogen-bond acceptors (Lipinski definition) is 7. The summed E-state index contributed by atoms with van der Waals surface area (Å²) in [6.45, 7) is 4.23. The minimum atomic E-state index is -0.486. The molecular weight excluding hydrogens is 406 g/mol. The molecule has 0 saturated carbocycles. The molecule has 0 aliphatic carbocycles. The Morgan fingerprint density at radius 3 is 2.57 bits per heavy atom. The summed E-state index contributed by atoms with van der Waals surface area (Å²) in [5, 5.41) is 3.42. The molecule has 1 N–H and O–H groups in total. The molecular formula is C20H23N5O4S. The van der Waals surface area contributed by atoms with E-state index in [1.807, 2.05) is 19.9 Å². The summed E-state index contributed by atoms with van der Waals surface area (Å²) >= 11 is 1.13. The van der Waals surface area contributed by atoms with Crippen molar-refractivity contribution in [1.82, 2.24) is 19.1 Å². The van der Waals surface area contributed by atoms with Crippen LogP contribution in [0.15, 0.2) is 38.9 Å². The fourth-order valence-corrected chi connectivity index (χ4v) is 3.74. The number of ether oxygens (including phenoxy) is 1. The van der Waals surface area contributed by atoms with Gasteiger partial charge in [0.05, 0.1) is 18.0 Å². The monoisotopic (exact) mass is 429 g/mol. The van der Waals surface area contributed by atoms with Crippen LogP contribution in [0.5, 0.6) is 5.75 Å². The van der Waals surface area contributed by atoms with Crippen molar-refractivity contribution < 1.29 is 9.53 Å². The second-order valence-electron chi connectivity index (χ2n) is 6.47. The van der Waals surface area contributed by atoms with Gasteiger partial charge >= 0.3 is 5.69 Å². The van der Waals surface area contributed by atoms with Crippen LogP contribution in [0.1, 0.15) is 19.7 Å². The van der Waals surface area contributed by atoms with Crippen LogP contribution in [0, 0.1) is 0 Å². The van der Waals surface area contributed by atoms with E-state index in [-0.39, 0.29) is 22.7 Å². The topological polar surface area (TPSA) is 108 Å².